The van der Waals surface area contributed by atoms with Crippen molar-refractivity contribution in [3.05, 3.63) is 53.6 Å². The Morgan fingerprint density at radius 2 is 1.70 bits per heavy atom. The molecule has 0 saturated heterocycles. The number of hydrogen-bond acceptors (Lipinski definition) is 2. The zero-order chi connectivity index (χ0) is 14.8. The van der Waals surface area contributed by atoms with Crippen LogP contribution in [0.15, 0.2) is 42.5 Å². The second-order valence-corrected chi connectivity index (χ2v) is 5.85. The number of rotatable bonds is 4. The van der Waals surface area contributed by atoms with Crippen LogP contribution in [0.1, 0.15) is 38.3 Å². The maximum atomic E-state index is 6.03. The highest BCUT2D eigenvalue weighted by molar-refractivity contribution is 5.59. The van der Waals surface area contributed by atoms with Gasteiger partial charge < -0.3 is 10.5 Å². The standard InChI is InChI=1S/C18H23NO/c1-5-18(3,4)14-9-11-15(12-10-14)20-16-8-6-7-13(2)17(16)19/h6-12H,5,19H2,1-4H3. The molecule has 0 saturated carbocycles. The third-order valence-corrected chi connectivity index (χ3v) is 4.03. The monoisotopic (exact) mass is 269 g/mol. The normalized spacial score (nSPS) is 11.4. The first kappa shape index (κ1) is 14.4. The summed E-state index contributed by atoms with van der Waals surface area (Å²) in [5.41, 5.74) is 9.28. The molecule has 2 rings (SSSR count). The average molecular weight is 269 g/mol. The van der Waals surface area contributed by atoms with Crippen LogP contribution in [-0.2, 0) is 5.41 Å². The van der Waals surface area contributed by atoms with Gasteiger partial charge in [0.2, 0.25) is 0 Å². The van der Waals surface area contributed by atoms with Crippen LogP contribution < -0.4 is 10.5 Å². The number of ether oxygens (including phenoxy) is 1. The van der Waals surface area contributed by atoms with Crippen molar-refractivity contribution in [2.75, 3.05) is 5.73 Å². The molecular formula is C18H23NO. The first-order valence-corrected chi connectivity index (χ1v) is 7.07. The zero-order valence-electron chi connectivity index (χ0n) is 12.7. The minimum absolute atomic E-state index is 0.195. The Hall–Kier alpha value is -1.96. The van der Waals surface area contributed by atoms with Gasteiger partial charge in [-0.05, 0) is 48.1 Å². The summed E-state index contributed by atoms with van der Waals surface area (Å²) in [5.74, 6) is 1.53. The van der Waals surface area contributed by atoms with Crippen molar-refractivity contribution >= 4 is 5.69 Å². The Morgan fingerprint density at radius 1 is 1.05 bits per heavy atom. The molecule has 2 nitrogen and oxygen atoms in total. The van der Waals surface area contributed by atoms with E-state index in [4.69, 9.17) is 10.5 Å². The molecule has 0 heterocycles. The lowest BCUT2D eigenvalue weighted by molar-refractivity contribution is 0.480. The molecule has 2 aromatic rings. The van der Waals surface area contributed by atoms with Gasteiger partial charge in [-0.15, -0.1) is 0 Å². The largest absolute Gasteiger partial charge is 0.455 e. The summed E-state index contributed by atoms with van der Waals surface area (Å²) in [6.45, 7) is 8.69. The van der Waals surface area contributed by atoms with Gasteiger partial charge in [0.1, 0.15) is 5.75 Å². The third-order valence-electron chi connectivity index (χ3n) is 4.03. The molecule has 0 atom stereocenters. The Bertz CT molecular complexity index is 585. The van der Waals surface area contributed by atoms with Gasteiger partial charge in [0, 0.05) is 0 Å². The number of nitrogens with two attached hydrogens (primary N) is 1. The molecule has 0 spiro atoms. The van der Waals surface area contributed by atoms with Gasteiger partial charge in [-0.2, -0.15) is 0 Å². The highest BCUT2D eigenvalue weighted by atomic mass is 16.5. The van der Waals surface area contributed by atoms with E-state index in [0.717, 1.165) is 17.7 Å². The van der Waals surface area contributed by atoms with E-state index in [-0.39, 0.29) is 5.41 Å². The summed E-state index contributed by atoms with van der Waals surface area (Å²) in [7, 11) is 0. The summed E-state index contributed by atoms with van der Waals surface area (Å²) < 4.78 is 5.87. The molecule has 2 aromatic carbocycles. The van der Waals surface area contributed by atoms with Crippen LogP contribution in [-0.4, -0.2) is 0 Å². The Balaban J connectivity index is 2.21. The Kier molecular flexibility index (Phi) is 4.03. The number of anilines is 1. The molecule has 2 N–H and O–H groups in total. The highest BCUT2D eigenvalue weighted by Gasteiger charge is 2.17. The second kappa shape index (κ2) is 5.58. The molecule has 0 aliphatic heterocycles. The summed E-state index contributed by atoms with van der Waals surface area (Å²) >= 11 is 0. The molecule has 0 amide bonds. The third kappa shape index (κ3) is 2.96. The van der Waals surface area contributed by atoms with Gasteiger partial charge in [-0.3, -0.25) is 0 Å². The predicted octanol–water partition coefficient (Wildman–Crippen LogP) is 5.06. The van der Waals surface area contributed by atoms with E-state index in [9.17, 15) is 0 Å². The van der Waals surface area contributed by atoms with Crippen LogP contribution in [0.4, 0.5) is 5.69 Å². The fraction of sp³-hybridized carbons (Fsp3) is 0.333. The second-order valence-electron chi connectivity index (χ2n) is 5.85. The molecule has 20 heavy (non-hydrogen) atoms. The Labute approximate surface area is 121 Å². The predicted molar refractivity (Wildman–Crippen MR) is 85.4 cm³/mol. The van der Waals surface area contributed by atoms with Crippen LogP contribution >= 0.6 is 0 Å². The smallest absolute Gasteiger partial charge is 0.150 e. The van der Waals surface area contributed by atoms with Gasteiger partial charge in [0.25, 0.3) is 0 Å². The summed E-state index contributed by atoms with van der Waals surface area (Å²) in [6.07, 6.45) is 1.11. The van der Waals surface area contributed by atoms with Gasteiger partial charge in [0.15, 0.2) is 5.75 Å². The summed E-state index contributed by atoms with van der Waals surface area (Å²) in [6, 6.07) is 14.1. The van der Waals surface area contributed by atoms with E-state index in [1.165, 1.54) is 5.56 Å². The van der Waals surface area contributed by atoms with E-state index < -0.39 is 0 Å². The molecule has 0 unspecified atom stereocenters. The van der Waals surface area contributed by atoms with Crippen LogP contribution in [0.2, 0.25) is 0 Å². The van der Waals surface area contributed by atoms with E-state index in [1.54, 1.807) is 0 Å². The van der Waals surface area contributed by atoms with E-state index in [2.05, 4.69) is 32.9 Å². The van der Waals surface area contributed by atoms with Gasteiger partial charge in [0.05, 0.1) is 5.69 Å². The van der Waals surface area contributed by atoms with E-state index in [1.807, 2.05) is 37.3 Å². The maximum Gasteiger partial charge on any atom is 0.150 e. The van der Waals surface area contributed by atoms with Gasteiger partial charge in [-0.1, -0.05) is 45.0 Å². The SMILES string of the molecule is CCC(C)(C)c1ccc(Oc2cccc(C)c2N)cc1. The van der Waals surface area contributed by atoms with Gasteiger partial charge in [-0.25, -0.2) is 0 Å². The van der Waals surface area contributed by atoms with Crippen molar-refractivity contribution in [3.63, 3.8) is 0 Å². The van der Waals surface area contributed by atoms with Crippen molar-refractivity contribution in [1.82, 2.24) is 0 Å². The van der Waals surface area contributed by atoms with E-state index >= 15 is 0 Å². The average Bonchev–Trinajstić information content (AvgIpc) is 2.44. The lowest BCUT2D eigenvalue weighted by Crippen LogP contribution is -2.14. The molecule has 0 bridgehead atoms. The number of aryl methyl sites for hydroxylation is 1. The minimum atomic E-state index is 0.195. The highest BCUT2D eigenvalue weighted by Crippen LogP contribution is 2.32. The fourth-order valence-corrected chi connectivity index (χ4v) is 2.05. The lowest BCUT2D eigenvalue weighted by atomic mass is 9.82. The molecule has 0 aromatic heterocycles. The molecule has 2 heteroatoms. The number of nitrogen functional groups attached to an aromatic ring is 1. The number of benzene rings is 2. The first-order chi connectivity index (χ1) is 9.44. The molecule has 0 fully saturated rings. The zero-order valence-corrected chi connectivity index (χ0v) is 12.7. The van der Waals surface area contributed by atoms with Crippen molar-refractivity contribution < 1.29 is 4.74 Å². The van der Waals surface area contributed by atoms with Crippen molar-refractivity contribution in [2.45, 2.75) is 39.5 Å². The molecule has 106 valence electrons. The topological polar surface area (TPSA) is 35.2 Å². The Morgan fingerprint density at radius 3 is 2.30 bits per heavy atom. The van der Waals surface area contributed by atoms with Crippen LogP contribution in [0.25, 0.3) is 0 Å². The molecule has 0 aliphatic rings. The number of hydrogen-bond donors (Lipinski definition) is 1. The number of para-hydroxylation sites is 1. The summed E-state index contributed by atoms with van der Waals surface area (Å²) in [4.78, 5) is 0. The van der Waals surface area contributed by atoms with Crippen molar-refractivity contribution in [2.24, 2.45) is 0 Å². The quantitative estimate of drug-likeness (QED) is 0.788. The fourth-order valence-electron chi connectivity index (χ4n) is 2.05. The molecule has 0 aliphatic carbocycles. The molecular weight excluding hydrogens is 246 g/mol. The van der Waals surface area contributed by atoms with Crippen molar-refractivity contribution in [1.29, 1.82) is 0 Å². The summed E-state index contributed by atoms with van der Waals surface area (Å²) in [5, 5.41) is 0. The van der Waals surface area contributed by atoms with Gasteiger partial charge >= 0.3 is 0 Å². The van der Waals surface area contributed by atoms with Crippen LogP contribution in [0.3, 0.4) is 0 Å². The van der Waals surface area contributed by atoms with Crippen LogP contribution in [0.5, 0.6) is 11.5 Å². The lowest BCUT2D eigenvalue weighted by Gasteiger charge is -2.23. The molecule has 0 radical (unpaired) electrons. The van der Waals surface area contributed by atoms with Crippen LogP contribution in [0, 0.1) is 6.92 Å². The van der Waals surface area contributed by atoms with E-state index in [0.29, 0.717) is 11.4 Å². The maximum absolute atomic E-state index is 6.03. The minimum Gasteiger partial charge on any atom is -0.455 e. The van der Waals surface area contributed by atoms with Crippen molar-refractivity contribution in [3.8, 4) is 11.5 Å². The first-order valence-electron chi connectivity index (χ1n) is 7.07.